The molecule has 0 fully saturated rings. The molecule has 2 aromatic heterocycles. The number of carbonyl (C=O) groups is 2. The normalized spacial score (nSPS) is 16.0. The highest BCUT2D eigenvalue weighted by atomic mass is 16.5. The summed E-state index contributed by atoms with van der Waals surface area (Å²) in [6.07, 6.45) is 2.71. The number of nitrogens with zero attached hydrogens (tertiary/aromatic N) is 3. The number of amides is 2. The SMILES string of the molecule is CCOC(=O)c1cc(NC(=O)NC2CCC(Oc3ccc(=N)n(C(=N)N(CC)CC)c3)c3ccccc32)cc(C(C)(C)C)n1. The maximum absolute atomic E-state index is 13.2. The van der Waals surface area contributed by atoms with E-state index < -0.39 is 12.0 Å². The molecule has 4 N–H and O–H groups in total. The number of hydrogen-bond donors (Lipinski definition) is 4. The quantitative estimate of drug-likeness (QED) is 0.147. The van der Waals surface area contributed by atoms with E-state index in [0.717, 1.165) is 11.1 Å². The fourth-order valence-electron chi connectivity index (χ4n) is 5.21. The molecule has 0 radical (unpaired) electrons. The van der Waals surface area contributed by atoms with Crippen LogP contribution in [-0.2, 0) is 10.2 Å². The Morgan fingerprint density at radius 1 is 1.05 bits per heavy atom. The van der Waals surface area contributed by atoms with E-state index in [-0.39, 0.29) is 41.3 Å². The van der Waals surface area contributed by atoms with Crippen molar-refractivity contribution in [2.75, 3.05) is 25.0 Å². The largest absolute Gasteiger partial charge is 0.484 e. The molecule has 1 aromatic carbocycles. The Morgan fingerprint density at radius 3 is 2.41 bits per heavy atom. The first kappa shape index (κ1) is 32.2. The third-order valence-electron chi connectivity index (χ3n) is 7.57. The lowest BCUT2D eigenvalue weighted by molar-refractivity contribution is 0.0519. The second-order valence-electron chi connectivity index (χ2n) is 11.7. The van der Waals surface area contributed by atoms with E-state index in [4.69, 9.17) is 20.3 Å². The van der Waals surface area contributed by atoms with Crippen LogP contribution in [0.1, 0.15) is 93.8 Å². The number of carbonyl (C=O) groups excluding carboxylic acids is 2. The number of fused-ring (bicyclic) bond motifs is 1. The number of esters is 1. The van der Waals surface area contributed by atoms with Gasteiger partial charge in [0.2, 0.25) is 5.96 Å². The van der Waals surface area contributed by atoms with Crippen LogP contribution in [0.3, 0.4) is 0 Å². The molecular weight excluding hydrogens is 558 g/mol. The van der Waals surface area contributed by atoms with Gasteiger partial charge in [-0.1, -0.05) is 45.0 Å². The molecule has 2 atom stereocenters. The third-order valence-corrected chi connectivity index (χ3v) is 7.57. The van der Waals surface area contributed by atoms with E-state index in [1.54, 1.807) is 31.3 Å². The van der Waals surface area contributed by atoms with Gasteiger partial charge in [-0.2, -0.15) is 0 Å². The van der Waals surface area contributed by atoms with E-state index in [1.807, 2.05) is 63.8 Å². The predicted molar refractivity (Wildman–Crippen MR) is 169 cm³/mol. The van der Waals surface area contributed by atoms with Gasteiger partial charge in [0, 0.05) is 29.9 Å². The summed E-state index contributed by atoms with van der Waals surface area (Å²) in [5.41, 5.74) is 3.03. The number of ether oxygens (including phenoxy) is 2. The monoisotopic (exact) mass is 601 g/mol. The zero-order valence-electron chi connectivity index (χ0n) is 26.4. The molecule has 11 nitrogen and oxygen atoms in total. The van der Waals surface area contributed by atoms with Gasteiger partial charge in [0.15, 0.2) is 5.69 Å². The molecule has 2 heterocycles. The molecule has 0 saturated carbocycles. The smallest absolute Gasteiger partial charge is 0.356 e. The fraction of sp³-hybridized carbons (Fsp3) is 0.424. The first-order valence-electron chi connectivity index (χ1n) is 15.1. The van der Waals surface area contributed by atoms with E-state index in [9.17, 15) is 9.59 Å². The van der Waals surface area contributed by atoms with Gasteiger partial charge < -0.3 is 25.0 Å². The van der Waals surface area contributed by atoms with Crippen LogP contribution >= 0.6 is 0 Å². The molecule has 0 aliphatic heterocycles. The van der Waals surface area contributed by atoms with Crippen molar-refractivity contribution in [1.29, 1.82) is 10.8 Å². The van der Waals surface area contributed by atoms with Crippen LogP contribution in [-0.4, -0.2) is 52.1 Å². The predicted octanol–water partition coefficient (Wildman–Crippen LogP) is 5.74. The lowest BCUT2D eigenvalue weighted by Crippen LogP contribution is -2.40. The molecule has 1 aliphatic carbocycles. The first-order valence-corrected chi connectivity index (χ1v) is 15.1. The van der Waals surface area contributed by atoms with Gasteiger partial charge in [0.1, 0.15) is 17.3 Å². The summed E-state index contributed by atoms with van der Waals surface area (Å²) in [7, 11) is 0. The van der Waals surface area contributed by atoms with Crippen LogP contribution in [0.4, 0.5) is 10.5 Å². The highest BCUT2D eigenvalue weighted by Gasteiger charge is 2.30. The molecule has 44 heavy (non-hydrogen) atoms. The van der Waals surface area contributed by atoms with Crippen molar-refractivity contribution in [3.05, 3.63) is 82.7 Å². The summed E-state index contributed by atoms with van der Waals surface area (Å²) in [4.78, 5) is 32.0. The molecule has 0 bridgehead atoms. The minimum absolute atomic E-state index is 0.143. The average molecular weight is 602 g/mol. The molecular formula is C33H43N7O4. The van der Waals surface area contributed by atoms with Gasteiger partial charge in [0.05, 0.1) is 18.8 Å². The van der Waals surface area contributed by atoms with Crippen molar-refractivity contribution in [1.82, 2.24) is 19.8 Å². The second-order valence-corrected chi connectivity index (χ2v) is 11.7. The Balaban J connectivity index is 1.52. The van der Waals surface area contributed by atoms with Gasteiger partial charge in [-0.05, 0) is 69.0 Å². The number of aromatic nitrogens is 2. The summed E-state index contributed by atoms with van der Waals surface area (Å²) in [6, 6.07) is 13.9. The third kappa shape index (κ3) is 7.45. The van der Waals surface area contributed by atoms with E-state index in [2.05, 4.69) is 15.6 Å². The van der Waals surface area contributed by atoms with E-state index in [0.29, 0.717) is 43.1 Å². The summed E-state index contributed by atoms with van der Waals surface area (Å²) in [6.45, 7) is 13.2. The van der Waals surface area contributed by atoms with Gasteiger partial charge in [-0.15, -0.1) is 0 Å². The Labute approximate surface area is 258 Å². The van der Waals surface area contributed by atoms with E-state index in [1.165, 1.54) is 10.6 Å². The van der Waals surface area contributed by atoms with Crippen LogP contribution in [0.5, 0.6) is 5.75 Å². The maximum Gasteiger partial charge on any atom is 0.356 e. The molecule has 11 heteroatoms. The van der Waals surface area contributed by atoms with Crippen molar-refractivity contribution in [3.8, 4) is 5.75 Å². The minimum Gasteiger partial charge on any atom is -0.484 e. The Kier molecular flexibility index (Phi) is 10.1. The van der Waals surface area contributed by atoms with Gasteiger partial charge in [-0.3, -0.25) is 15.4 Å². The lowest BCUT2D eigenvalue weighted by Gasteiger charge is -2.32. The van der Waals surface area contributed by atoms with Crippen LogP contribution in [0.25, 0.3) is 0 Å². The van der Waals surface area contributed by atoms with Gasteiger partial charge >= 0.3 is 12.0 Å². The van der Waals surface area contributed by atoms with Crippen molar-refractivity contribution >= 4 is 23.6 Å². The summed E-state index contributed by atoms with van der Waals surface area (Å²) < 4.78 is 13.1. The number of urea groups is 1. The molecule has 2 unspecified atom stereocenters. The average Bonchev–Trinajstić information content (AvgIpc) is 2.99. The lowest BCUT2D eigenvalue weighted by atomic mass is 9.85. The van der Waals surface area contributed by atoms with Gasteiger partial charge in [-0.25, -0.2) is 14.6 Å². The van der Waals surface area contributed by atoms with Crippen molar-refractivity contribution in [2.24, 2.45) is 0 Å². The number of pyridine rings is 2. The van der Waals surface area contributed by atoms with Gasteiger partial charge in [0.25, 0.3) is 0 Å². The van der Waals surface area contributed by atoms with E-state index >= 15 is 0 Å². The highest BCUT2D eigenvalue weighted by molar-refractivity contribution is 5.93. The fourth-order valence-corrected chi connectivity index (χ4v) is 5.21. The Morgan fingerprint density at radius 2 is 1.75 bits per heavy atom. The van der Waals surface area contributed by atoms with Crippen molar-refractivity contribution in [3.63, 3.8) is 0 Å². The van der Waals surface area contributed by atoms with Crippen LogP contribution in [0.15, 0.2) is 54.7 Å². The standard InChI is InChI=1S/C33H43N7O4/c1-7-39(8-2)31(35)40-20-22(14-17-29(40)34)44-27-16-15-25(23-12-10-11-13-24(23)27)38-32(42)36-21-18-26(30(41)43-9-3)37-28(19-21)33(4,5)6/h10-14,17-20,25,27,34-35H,7-9,15-16H2,1-6H3,(H2,36,37,38,42). The molecule has 0 spiro atoms. The van der Waals surface area contributed by atoms with Crippen molar-refractivity contribution in [2.45, 2.75) is 71.9 Å². The molecule has 2 amide bonds. The molecule has 0 saturated heterocycles. The number of hydrogen-bond acceptors (Lipinski definition) is 7. The minimum atomic E-state index is -0.540. The molecule has 1 aliphatic rings. The van der Waals surface area contributed by atoms with Crippen molar-refractivity contribution < 1.29 is 19.1 Å². The maximum atomic E-state index is 13.2. The topological polar surface area (TPSA) is 145 Å². The van der Waals surface area contributed by atoms with Crippen LogP contribution in [0.2, 0.25) is 0 Å². The zero-order chi connectivity index (χ0) is 32.0. The Hall–Kier alpha value is -4.67. The second kappa shape index (κ2) is 13.7. The first-order chi connectivity index (χ1) is 20.9. The van der Waals surface area contributed by atoms with Crippen LogP contribution in [0, 0.1) is 10.8 Å². The number of anilines is 1. The summed E-state index contributed by atoms with van der Waals surface area (Å²) in [5.74, 6) is 0.247. The number of benzene rings is 1. The Bertz CT molecular complexity index is 1570. The molecule has 3 aromatic rings. The zero-order valence-corrected chi connectivity index (χ0v) is 26.4. The van der Waals surface area contributed by atoms with Crippen LogP contribution < -0.4 is 20.9 Å². The summed E-state index contributed by atoms with van der Waals surface area (Å²) >= 11 is 0. The number of nitrogens with one attached hydrogen (secondary N) is 4. The molecule has 4 rings (SSSR count). The summed E-state index contributed by atoms with van der Waals surface area (Å²) in [5, 5.41) is 22.9. The highest BCUT2D eigenvalue weighted by Crippen LogP contribution is 2.38. The molecule has 234 valence electrons. The number of rotatable bonds is 8.